The van der Waals surface area contributed by atoms with Crippen molar-refractivity contribution < 1.29 is 17.9 Å². The minimum atomic E-state index is -3.57. The standard InChI is InChI=1S/C14H22N2O4S/c1-10(13(17)15-5)20-11-6-8-12(9-7-11)21(18,19)16-14(2,3)4/h6-10,16H,1-5H3,(H,15,17)/t10-/m1/s1. The molecule has 2 N–H and O–H groups in total. The molecular weight excluding hydrogens is 292 g/mol. The van der Waals surface area contributed by atoms with Crippen LogP contribution in [0.5, 0.6) is 5.75 Å². The predicted molar refractivity (Wildman–Crippen MR) is 80.7 cm³/mol. The molecule has 0 saturated heterocycles. The van der Waals surface area contributed by atoms with Crippen LogP contribution in [0, 0.1) is 0 Å². The third-order valence-electron chi connectivity index (χ3n) is 2.50. The number of nitrogens with one attached hydrogen (secondary N) is 2. The topological polar surface area (TPSA) is 84.5 Å². The molecule has 0 saturated carbocycles. The summed E-state index contributed by atoms with van der Waals surface area (Å²) in [6, 6.07) is 5.94. The van der Waals surface area contributed by atoms with Crippen molar-refractivity contribution in [3.8, 4) is 5.75 Å². The maximum atomic E-state index is 12.1. The molecule has 118 valence electrons. The van der Waals surface area contributed by atoms with Gasteiger partial charge in [0.1, 0.15) is 5.75 Å². The molecule has 1 aromatic carbocycles. The Morgan fingerprint density at radius 1 is 1.19 bits per heavy atom. The summed E-state index contributed by atoms with van der Waals surface area (Å²) in [4.78, 5) is 11.5. The van der Waals surface area contributed by atoms with Crippen molar-refractivity contribution in [3.63, 3.8) is 0 Å². The molecule has 1 amide bonds. The number of carbonyl (C=O) groups is 1. The highest BCUT2D eigenvalue weighted by molar-refractivity contribution is 7.89. The van der Waals surface area contributed by atoms with E-state index >= 15 is 0 Å². The highest BCUT2D eigenvalue weighted by Crippen LogP contribution is 2.18. The molecule has 0 heterocycles. The molecule has 0 bridgehead atoms. The van der Waals surface area contributed by atoms with Crippen LogP contribution >= 0.6 is 0 Å². The zero-order valence-electron chi connectivity index (χ0n) is 12.9. The van der Waals surface area contributed by atoms with Crippen molar-refractivity contribution in [1.82, 2.24) is 10.0 Å². The summed E-state index contributed by atoms with van der Waals surface area (Å²) in [5.41, 5.74) is -0.554. The van der Waals surface area contributed by atoms with E-state index in [1.807, 2.05) is 0 Å². The molecule has 0 aliphatic rings. The Labute approximate surface area is 125 Å². The number of likely N-dealkylation sites (N-methyl/N-ethyl adjacent to an activating group) is 1. The second kappa shape index (κ2) is 6.44. The normalized spacial score (nSPS) is 13.6. The number of hydrogen-bond donors (Lipinski definition) is 2. The van der Waals surface area contributed by atoms with E-state index in [-0.39, 0.29) is 10.8 Å². The average Bonchev–Trinajstić information content (AvgIpc) is 2.35. The van der Waals surface area contributed by atoms with Crippen molar-refractivity contribution in [3.05, 3.63) is 24.3 Å². The van der Waals surface area contributed by atoms with E-state index in [1.54, 1.807) is 27.7 Å². The lowest BCUT2D eigenvalue weighted by Crippen LogP contribution is -2.40. The second-order valence-electron chi connectivity index (χ2n) is 5.70. The van der Waals surface area contributed by atoms with Crippen molar-refractivity contribution in [2.24, 2.45) is 0 Å². The van der Waals surface area contributed by atoms with Crippen LogP contribution < -0.4 is 14.8 Å². The average molecular weight is 314 g/mol. The molecule has 0 aliphatic heterocycles. The summed E-state index contributed by atoms with van der Waals surface area (Å²) >= 11 is 0. The quantitative estimate of drug-likeness (QED) is 0.857. The summed E-state index contributed by atoms with van der Waals surface area (Å²) < 4.78 is 32.2. The highest BCUT2D eigenvalue weighted by atomic mass is 32.2. The summed E-state index contributed by atoms with van der Waals surface area (Å²) in [6.07, 6.45) is -0.648. The number of carbonyl (C=O) groups excluding carboxylic acids is 1. The lowest BCUT2D eigenvalue weighted by atomic mass is 10.1. The molecule has 0 spiro atoms. The highest BCUT2D eigenvalue weighted by Gasteiger charge is 2.22. The fraction of sp³-hybridized carbons (Fsp3) is 0.500. The van der Waals surface area contributed by atoms with Crippen LogP contribution in [-0.4, -0.2) is 33.0 Å². The van der Waals surface area contributed by atoms with Gasteiger partial charge in [0.2, 0.25) is 10.0 Å². The Bertz CT molecular complexity index is 588. The van der Waals surface area contributed by atoms with Crippen molar-refractivity contribution in [2.75, 3.05) is 7.05 Å². The Balaban J connectivity index is 2.86. The molecule has 21 heavy (non-hydrogen) atoms. The smallest absolute Gasteiger partial charge is 0.260 e. The Morgan fingerprint density at radius 2 is 1.71 bits per heavy atom. The first-order chi connectivity index (χ1) is 9.55. The molecule has 0 unspecified atom stereocenters. The van der Waals surface area contributed by atoms with E-state index in [0.717, 1.165) is 0 Å². The van der Waals surface area contributed by atoms with Crippen LogP contribution in [0.15, 0.2) is 29.2 Å². The first kappa shape index (κ1) is 17.5. The van der Waals surface area contributed by atoms with Gasteiger partial charge < -0.3 is 10.1 Å². The lowest BCUT2D eigenvalue weighted by molar-refractivity contribution is -0.126. The molecule has 1 rings (SSSR count). The SMILES string of the molecule is CNC(=O)[C@@H](C)Oc1ccc(S(=O)(=O)NC(C)(C)C)cc1. The van der Waals surface area contributed by atoms with Crippen molar-refractivity contribution in [2.45, 2.75) is 44.2 Å². The zero-order chi connectivity index (χ0) is 16.3. The minimum absolute atomic E-state index is 0.150. The number of hydrogen-bond acceptors (Lipinski definition) is 4. The largest absolute Gasteiger partial charge is 0.481 e. The fourth-order valence-electron chi connectivity index (χ4n) is 1.62. The number of rotatable bonds is 5. The second-order valence-corrected chi connectivity index (χ2v) is 7.38. The van der Waals surface area contributed by atoms with Crippen molar-refractivity contribution in [1.29, 1.82) is 0 Å². The number of benzene rings is 1. The first-order valence-corrected chi connectivity index (χ1v) is 8.06. The van der Waals surface area contributed by atoms with E-state index in [4.69, 9.17) is 4.74 Å². The third kappa shape index (κ3) is 5.35. The molecule has 1 aromatic rings. The van der Waals surface area contributed by atoms with Gasteiger partial charge in [0.15, 0.2) is 6.10 Å². The van der Waals surface area contributed by atoms with Crippen LogP contribution in [0.25, 0.3) is 0 Å². The van der Waals surface area contributed by atoms with E-state index in [0.29, 0.717) is 5.75 Å². The van der Waals surface area contributed by atoms with Gasteiger partial charge in [-0.3, -0.25) is 4.79 Å². The van der Waals surface area contributed by atoms with Crippen molar-refractivity contribution >= 4 is 15.9 Å². The van der Waals surface area contributed by atoms with Gasteiger partial charge in [-0.05, 0) is 52.0 Å². The molecule has 0 aliphatic carbocycles. The summed E-state index contributed by atoms with van der Waals surface area (Å²) in [5.74, 6) is 0.182. The molecule has 1 atom stereocenters. The van der Waals surface area contributed by atoms with Crippen LogP contribution in [0.3, 0.4) is 0 Å². The number of sulfonamides is 1. The summed E-state index contributed by atoms with van der Waals surface area (Å²) in [5, 5.41) is 2.48. The first-order valence-electron chi connectivity index (χ1n) is 6.57. The van der Waals surface area contributed by atoms with E-state index in [9.17, 15) is 13.2 Å². The number of amides is 1. The third-order valence-corrected chi connectivity index (χ3v) is 4.28. The van der Waals surface area contributed by atoms with E-state index in [2.05, 4.69) is 10.0 Å². The minimum Gasteiger partial charge on any atom is -0.481 e. The molecule has 0 radical (unpaired) electrons. The van der Waals surface area contributed by atoms with Gasteiger partial charge in [-0.15, -0.1) is 0 Å². The Morgan fingerprint density at radius 3 is 2.14 bits per heavy atom. The molecule has 0 fully saturated rings. The Kier molecular flexibility index (Phi) is 5.36. The van der Waals surface area contributed by atoms with Gasteiger partial charge >= 0.3 is 0 Å². The van der Waals surface area contributed by atoms with Crippen LogP contribution in [0.1, 0.15) is 27.7 Å². The van der Waals surface area contributed by atoms with Gasteiger partial charge in [-0.25, -0.2) is 13.1 Å². The fourth-order valence-corrected chi connectivity index (χ4v) is 3.04. The Hall–Kier alpha value is -1.60. The van der Waals surface area contributed by atoms with E-state index in [1.165, 1.54) is 31.3 Å². The van der Waals surface area contributed by atoms with Gasteiger partial charge in [-0.2, -0.15) is 0 Å². The van der Waals surface area contributed by atoms with E-state index < -0.39 is 21.7 Å². The zero-order valence-corrected chi connectivity index (χ0v) is 13.7. The van der Waals surface area contributed by atoms with Crippen LogP contribution in [0.2, 0.25) is 0 Å². The number of ether oxygens (including phenoxy) is 1. The van der Waals surface area contributed by atoms with Gasteiger partial charge in [0, 0.05) is 12.6 Å². The maximum absolute atomic E-state index is 12.1. The molecule has 0 aromatic heterocycles. The lowest BCUT2D eigenvalue weighted by Gasteiger charge is -2.20. The maximum Gasteiger partial charge on any atom is 0.260 e. The molecule has 6 nitrogen and oxygen atoms in total. The van der Waals surface area contributed by atoms with Gasteiger partial charge in [-0.1, -0.05) is 0 Å². The molecule has 7 heteroatoms. The monoisotopic (exact) mass is 314 g/mol. The molecular formula is C14H22N2O4S. The summed E-state index contributed by atoms with van der Waals surface area (Å²) in [7, 11) is -2.05. The van der Waals surface area contributed by atoms with Crippen LogP contribution in [0.4, 0.5) is 0 Å². The summed E-state index contributed by atoms with van der Waals surface area (Å²) in [6.45, 7) is 6.93. The van der Waals surface area contributed by atoms with Crippen LogP contribution in [-0.2, 0) is 14.8 Å². The predicted octanol–water partition coefficient (Wildman–Crippen LogP) is 1.28. The van der Waals surface area contributed by atoms with Gasteiger partial charge in [0.25, 0.3) is 5.91 Å². The van der Waals surface area contributed by atoms with Gasteiger partial charge in [0.05, 0.1) is 4.90 Å².